The van der Waals surface area contributed by atoms with Crippen LogP contribution in [-0.4, -0.2) is 49.7 Å². The molecule has 1 N–H and O–H groups in total. The van der Waals surface area contributed by atoms with Gasteiger partial charge >= 0.3 is 5.97 Å². The van der Waals surface area contributed by atoms with Crippen molar-refractivity contribution in [3.05, 3.63) is 24.2 Å². The largest absolute Gasteiger partial charge is 0.480 e. The lowest BCUT2D eigenvalue weighted by Gasteiger charge is -2.36. The maximum atomic E-state index is 12.2. The van der Waals surface area contributed by atoms with E-state index in [0.29, 0.717) is 10.2 Å². The van der Waals surface area contributed by atoms with Crippen LogP contribution in [0.4, 0.5) is 0 Å². The van der Waals surface area contributed by atoms with Gasteiger partial charge in [0, 0.05) is 0 Å². The van der Waals surface area contributed by atoms with Gasteiger partial charge in [0.15, 0.2) is 5.76 Å². The first-order valence-corrected chi connectivity index (χ1v) is 6.89. The predicted molar refractivity (Wildman–Crippen MR) is 73.7 cm³/mol. The fourth-order valence-electron chi connectivity index (χ4n) is 1.57. The predicted octanol–water partition coefficient (Wildman–Crippen LogP) is 1.44. The highest BCUT2D eigenvalue weighted by atomic mass is 32.2. The second-order valence-electron chi connectivity index (χ2n) is 3.99. The number of furan rings is 1. The number of thioether (sulfide) groups is 1. The average molecular weight is 300 g/mol. The summed E-state index contributed by atoms with van der Waals surface area (Å²) in [5, 5.41) is 9.00. The number of hydrogen-bond acceptors (Lipinski definition) is 6. The number of thiocarbonyl (C=S) groups is 1. The van der Waals surface area contributed by atoms with E-state index < -0.39 is 12.0 Å². The number of amides is 1. The van der Waals surface area contributed by atoms with Gasteiger partial charge in [0.1, 0.15) is 10.4 Å². The van der Waals surface area contributed by atoms with Crippen molar-refractivity contribution in [1.29, 1.82) is 0 Å². The highest BCUT2D eigenvalue weighted by Gasteiger charge is 2.32. The number of carbonyl (C=O) groups is 2. The molecule has 1 aliphatic heterocycles. The molecule has 0 spiro atoms. The van der Waals surface area contributed by atoms with E-state index >= 15 is 0 Å². The SMILES string of the molecule is C[C@@H](C(=O)O)N1CSC(=S)N(C(=O)c2ccco2)C1. The molecule has 1 saturated heterocycles. The molecule has 1 amide bonds. The van der Waals surface area contributed by atoms with E-state index in [1.807, 2.05) is 0 Å². The van der Waals surface area contributed by atoms with E-state index in [1.165, 1.54) is 22.9 Å². The quantitative estimate of drug-likeness (QED) is 0.847. The summed E-state index contributed by atoms with van der Waals surface area (Å²) in [5.74, 6) is -0.648. The Morgan fingerprint density at radius 1 is 1.58 bits per heavy atom. The van der Waals surface area contributed by atoms with Crippen LogP contribution in [0, 0.1) is 0 Å². The molecule has 1 aromatic heterocycles. The van der Waals surface area contributed by atoms with Crippen molar-refractivity contribution in [2.75, 3.05) is 12.5 Å². The molecule has 1 fully saturated rings. The van der Waals surface area contributed by atoms with E-state index in [4.69, 9.17) is 21.7 Å². The monoisotopic (exact) mass is 300 g/mol. The van der Waals surface area contributed by atoms with Gasteiger partial charge in [-0.2, -0.15) is 0 Å². The van der Waals surface area contributed by atoms with Crippen molar-refractivity contribution in [2.24, 2.45) is 0 Å². The molecular weight excluding hydrogens is 288 g/mol. The van der Waals surface area contributed by atoms with Gasteiger partial charge in [-0.05, 0) is 19.1 Å². The maximum absolute atomic E-state index is 12.2. The van der Waals surface area contributed by atoms with E-state index in [2.05, 4.69) is 0 Å². The highest BCUT2D eigenvalue weighted by molar-refractivity contribution is 8.23. The molecule has 0 radical (unpaired) electrons. The second kappa shape index (κ2) is 5.72. The summed E-state index contributed by atoms with van der Waals surface area (Å²) in [6.45, 7) is 1.73. The lowest BCUT2D eigenvalue weighted by molar-refractivity contribution is -0.142. The molecule has 2 rings (SSSR count). The Labute approximate surface area is 119 Å². The van der Waals surface area contributed by atoms with E-state index in [-0.39, 0.29) is 18.3 Å². The number of carboxylic acids is 1. The number of aliphatic carboxylic acids is 1. The Balaban J connectivity index is 2.13. The zero-order valence-electron chi connectivity index (χ0n) is 10.1. The van der Waals surface area contributed by atoms with Gasteiger partial charge in [0.05, 0.1) is 18.8 Å². The number of carboxylic acid groups (broad SMARTS) is 1. The van der Waals surface area contributed by atoms with Gasteiger partial charge < -0.3 is 9.52 Å². The topological polar surface area (TPSA) is 74.0 Å². The van der Waals surface area contributed by atoms with Crippen LogP contribution in [0.25, 0.3) is 0 Å². The molecular formula is C11H12N2O4S2. The molecule has 0 unspecified atom stereocenters. The zero-order chi connectivity index (χ0) is 14.0. The third-order valence-corrected chi connectivity index (χ3v) is 4.28. The van der Waals surface area contributed by atoms with Gasteiger partial charge in [-0.25, -0.2) is 0 Å². The summed E-state index contributed by atoms with van der Waals surface area (Å²) in [4.78, 5) is 26.2. The first kappa shape index (κ1) is 14.0. The third-order valence-electron chi connectivity index (χ3n) is 2.78. The van der Waals surface area contributed by atoms with Crippen molar-refractivity contribution in [3.63, 3.8) is 0 Å². The summed E-state index contributed by atoms with van der Waals surface area (Å²) < 4.78 is 5.47. The Morgan fingerprint density at radius 2 is 2.32 bits per heavy atom. The maximum Gasteiger partial charge on any atom is 0.320 e. The molecule has 19 heavy (non-hydrogen) atoms. The Hall–Kier alpha value is -1.38. The van der Waals surface area contributed by atoms with Gasteiger partial charge in [-0.3, -0.25) is 19.4 Å². The number of carbonyl (C=O) groups excluding carboxylic acids is 1. The molecule has 0 aromatic carbocycles. The summed E-state index contributed by atoms with van der Waals surface area (Å²) in [6.07, 6.45) is 1.41. The fourth-order valence-corrected chi connectivity index (χ4v) is 2.74. The molecule has 1 atom stereocenters. The second-order valence-corrected chi connectivity index (χ2v) is 5.57. The van der Waals surface area contributed by atoms with Crippen LogP contribution in [0.5, 0.6) is 0 Å². The van der Waals surface area contributed by atoms with Crippen LogP contribution in [0.2, 0.25) is 0 Å². The minimum absolute atomic E-state index is 0.152. The third kappa shape index (κ3) is 2.96. The molecule has 0 saturated carbocycles. The fraction of sp³-hybridized carbons (Fsp3) is 0.364. The lowest BCUT2D eigenvalue weighted by Crippen LogP contribution is -2.52. The molecule has 1 aromatic rings. The smallest absolute Gasteiger partial charge is 0.320 e. The summed E-state index contributed by atoms with van der Waals surface area (Å²) in [6, 6.07) is 2.49. The van der Waals surface area contributed by atoms with E-state index in [9.17, 15) is 9.59 Å². The minimum atomic E-state index is -0.932. The van der Waals surface area contributed by atoms with Gasteiger partial charge in [0.25, 0.3) is 5.91 Å². The van der Waals surface area contributed by atoms with Crippen molar-refractivity contribution in [1.82, 2.24) is 9.80 Å². The molecule has 102 valence electrons. The number of hydrogen-bond donors (Lipinski definition) is 1. The standard InChI is InChI=1S/C11H12N2O4S2/c1-7(10(15)16)12-5-13(11(18)19-6-12)9(14)8-3-2-4-17-8/h2-4,7H,5-6H2,1H3,(H,15,16)/t7-/m0/s1. The minimum Gasteiger partial charge on any atom is -0.480 e. The van der Waals surface area contributed by atoms with Crippen molar-refractivity contribution in [3.8, 4) is 0 Å². The van der Waals surface area contributed by atoms with Crippen molar-refractivity contribution >= 4 is 40.2 Å². The Kier molecular flexibility index (Phi) is 4.23. The first-order valence-electron chi connectivity index (χ1n) is 5.49. The molecule has 0 aliphatic carbocycles. The first-order chi connectivity index (χ1) is 9.00. The summed E-state index contributed by atoms with van der Waals surface area (Å²) >= 11 is 6.40. The van der Waals surface area contributed by atoms with Gasteiger partial charge in [-0.15, -0.1) is 0 Å². The van der Waals surface area contributed by atoms with Crippen molar-refractivity contribution in [2.45, 2.75) is 13.0 Å². The highest BCUT2D eigenvalue weighted by Crippen LogP contribution is 2.22. The lowest BCUT2D eigenvalue weighted by atomic mass is 10.3. The molecule has 8 heteroatoms. The Morgan fingerprint density at radius 3 is 2.89 bits per heavy atom. The number of rotatable bonds is 3. The molecule has 2 heterocycles. The van der Waals surface area contributed by atoms with Crippen LogP contribution in [0.3, 0.4) is 0 Å². The average Bonchev–Trinajstić information content (AvgIpc) is 2.91. The van der Waals surface area contributed by atoms with Gasteiger partial charge in [0.2, 0.25) is 0 Å². The number of nitrogens with zero attached hydrogens (tertiary/aromatic N) is 2. The molecule has 0 bridgehead atoms. The van der Waals surface area contributed by atoms with Crippen LogP contribution >= 0.6 is 24.0 Å². The normalized spacial score (nSPS) is 18.4. The summed E-state index contributed by atoms with van der Waals surface area (Å²) in [7, 11) is 0. The van der Waals surface area contributed by atoms with Crippen LogP contribution < -0.4 is 0 Å². The van der Waals surface area contributed by atoms with Crippen LogP contribution in [0.1, 0.15) is 17.5 Å². The molecule has 6 nitrogen and oxygen atoms in total. The van der Waals surface area contributed by atoms with E-state index in [0.717, 1.165) is 0 Å². The van der Waals surface area contributed by atoms with Crippen LogP contribution in [-0.2, 0) is 4.79 Å². The van der Waals surface area contributed by atoms with Gasteiger partial charge in [-0.1, -0.05) is 24.0 Å². The zero-order valence-corrected chi connectivity index (χ0v) is 11.7. The van der Waals surface area contributed by atoms with Crippen molar-refractivity contribution < 1.29 is 19.1 Å². The van der Waals surface area contributed by atoms with E-state index in [1.54, 1.807) is 24.0 Å². The molecule has 1 aliphatic rings. The Bertz CT molecular complexity index is 503. The summed E-state index contributed by atoms with van der Waals surface area (Å²) in [5.41, 5.74) is 0. The van der Waals surface area contributed by atoms with Crippen LogP contribution in [0.15, 0.2) is 22.8 Å².